The van der Waals surface area contributed by atoms with E-state index in [0.29, 0.717) is 17.8 Å². The van der Waals surface area contributed by atoms with Crippen molar-refractivity contribution in [2.24, 2.45) is 40.4 Å². The maximum Gasteiger partial charge on any atom is 0.310 e. The Balaban J connectivity index is 1.41. The molecule has 6 heteroatoms. The van der Waals surface area contributed by atoms with Gasteiger partial charge in [0, 0.05) is 18.3 Å². The van der Waals surface area contributed by atoms with Crippen molar-refractivity contribution >= 4 is 17.9 Å². The molecule has 5 aliphatic rings. The van der Waals surface area contributed by atoms with Crippen LogP contribution in [0.1, 0.15) is 85.0 Å². The molecule has 2 bridgehead atoms. The first-order valence-corrected chi connectivity index (χ1v) is 12.6. The number of fused-ring (bicyclic) bond motifs is 3. The molecule has 0 N–H and O–H groups in total. The molecule has 3 unspecified atom stereocenters. The number of carbonyl (C=O) groups is 3. The summed E-state index contributed by atoms with van der Waals surface area (Å²) in [7, 11) is 1.39. The lowest BCUT2D eigenvalue weighted by atomic mass is 9.42. The summed E-state index contributed by atoms with van der Waals surface area (Å²) in [6.07, 6.45) is 9.46. The zero-order valence-corrected chi connectivity index (χ0v) is 20.0. The highest BCUT2D eigenvalue weighted by Crippen LogP contribution is 2.72. The first-order chi connectivity index (χ1) is 15.1. The summed E-state index contributed by atoms with van der Waals surface area (Å²) in [4.78, 5) is 36.7. The lowest BCUT2D eigenvalue weighted by molar-refractivity contribution is -0.254. The molecule has 178 valence electrons. The maximum atomic E-state index is 13.2. The zero-order chi connectivity index (χ0) is 22.9. The predicted octanol–water partition coefficient (Wildman–Crippen LogP) is 4.44. The van der Waals surface area contributed by atoms with Crippen molar-refractivity contribution < 1.29 is 28.6 Å². The van der Waals surface area contributed by atoms with Gasteiger partial charge in [-0.05, 0) is 81.0 Å². The summed E-state index contributed by atoms with van der Waals surface area (Å²) < 4.78 is 17.0. The molecule has 0 amide bonds. The molecular weight excluding hydrogens is 408 g/mol. The molecule has 6 nitrogen and oxygen atoms in total. The van der Waals surface area contributed by atoms with Gasteiger partial charge < -0.3 is 14.2 Å². The van der Waals surface area contributed by atoms with E-state index >= 15 is 0 Å². The highest BCUT2D eigenvalue weighted by Gasteiger charge is 2.73. The van der Waals surface area contributed by atoms with Crippen molar-refractivity contribution in [3.05, 3.63) is 0 Å². The van der Waals surface area contributed by atoms with E-state index in [4.69, 9.17) is 14.2 Å². The van der Waals surface area contributed by atoms with Crippen LogP contribution in [-0.2, 0) is 28.6 Å². The van der Waals surface area contributed by atoms with E-state index in [9.17, 15) is 14.4 Å². The Bertz CT molecular complexity index is 823. The van der Waals surface area contributed by atoms with Gasteiger partial charge in [-0.1, -0.05) is 13.8 Å². The van der Waals surface area contributed by atoms with E-state index in [0.717, 1.165) is 57.8 Å². The first kappa shape index (κ1) is 22.2. The fourth-order valence-corrected chi connectivity index (χ4v) is 9.33. The molecule has 5 fully saturated rings. The van der Waals surface area contributed by atoms with Crippen LogP contribution in [0.25, 0.3) is 0 Å². The number of rotatable bonds is 3. The second kappa shape index (κ2) is 7.46. The molecule has 1 heterocycles. The van der Waals surface area contributed by atoms with Crippen LogP contribution in [-0.4, -0.2) is 36.7 Å². The zero-order valence-electron chi connectivity index (χ0n) is 20.0. The SMILES string of the molecule is COC(=O)CC1C(=O)O[C@@]23CC[C@H]1[C@@]2(C)CC[C@H]1[C@H]3CCC2CC(OC(C)=O)CC[C@@]21C. The summed E-state index contributed by atoms with van der Waals surface area (Å²) in [5, 5.41) is 0. The van der Waals surface area contributed by atoms with Gasteiger partial charge in [-0.3, -0.25) is 14.4 Å². The van der Waals surface area contributed by atoms with Crippen molar-refractivity contribution in [3.63, 3.8) is 0 Å². The Morgan fingerprint density at radius 2 is 1.75 bits per heavy atom. The Morgan fingerprint density at radius 1 is 1.00 bits per heavy atom. The molecule has 9 atom stereocenters. The Hall–Kier alpha value is -1.59. The summed E-state index contributed by atoms with van der Waals surface area (Å²) >= 11 is 0. The largest absolute Gasteiger partial charge is 0.469 e. The molecule has 0 radical (unpaired) electrons. The van der Waals surface area contributed by atoms with Gasteiger partial charge in [0.2, 0.25) is 0 Å². The van der Waals surface area contributed by atoms with Crippen molar-refractivity contribution in [3.8, 4) is 0 Å². The second-order valence-electron chi connectivity index (χ2n) is 11.8. The van der Waals surface area contributed by atoms with Crippen molar-refractivity contribution in [2.45, 2.75) is 96.7 Å². The molecular formula is C26H38O6. The number of esters is 3. The molecule has 0 aromatic heterocycles. The second-order valence-corrected chi connectivity index (χ2v) is 11.8. The third-order valence-corrected chi connectivity index (χ3v) is 10.8. The minimum Gasteiger partial charge on any atom is -0.469 e. The molecule has 5 rings (SSSR count). The van der Waals surface area contributed by atoms with Crippen LogP contribution in [0.4, 0.5) is 0 Å². The fraction of sp³-hybridized carbons (Fsp3) is 0.885. The molecule has 1 aliphatic heterocycles. The summed E-state index contributed by atoms with van der Waals surface area (Å²) in [5.41, 5.74) is -0.229. The van der Waals surface area contributed by atoms with Crippen molar-refractivity contribution in [1.82, 2.24) is 0 Å². The van der Waals surface area contributed by atoms with Gasteiger partial charge in [0.25, 0.3) is 0 Å². The quantitative estimate of drug-likeness (QED) is 0.471. The Morgan fingerprint density at radius 3 is 2.47 bits per heavy atom. The van der Waals surface area contributed by atoms with Crippen LogP contribution in [0.2, 0.25) is 0 Å². The lowest BCUT2D eigenvalue weighted by Crippen LogP contribution is -2.66. The smallest absolute Gasteiger partial charge is 0.310 e. The number of methoxy groups -OCH3 is 1. The lowest BCUT2D eigenvalue weighted by Gasteiger charge is -2.66. The van der Waals surface area contributed by atoms with Gasteiger partial charge in [0.05, 0.1) is 19.4 Å². The van der Waals surface area contributed by atoms with E-state index in [2.05, 4.69) is 13.8 Å². The van der Waals surface area contributed by atoms with Crippen molar-refractivity contribution in [1.29, 1.82) is 0 Å². The van der Waals surface area contributed by atoms with Gasteiger partial charge in [0.1, 0.15) is 11.7 Å². The number of hydrogen-bond acceptors (Lipinski definition) is 6. The van der Waals surface area contributed by atoms with Crippen LogP contribution in [0.5, 0.6) is 0 Å². The topological polar surface area (TPSA) is 78.9 Å². The Labute approximate surface area is 191 Å². The Kier molecular flexibility index (Phi) is 5.18. The van der Waals surface area contributed by atoms with Crippen LogP contribution in [0.15, 0.2) is 0 Å². The molecule has 0 aromatic rings. The van der Waals surface area contributed by atoms with E-state index in [1.165, 1.54) is 14.0 Å². The number of hydrogen-bond donors (Lipinski definition) is 0. The van der Waals surface area contributed by atoms with E-state index in [1.54, 1.807) is 0 Å². The van der Waals surface area contributed by atoms with E-state index in [-0.39, 0.29) is 58.7 Å². The molecule has 32 heavy (non-hydrogen) atoms. The highest BCUT2D eigenvalue weighted by molar-refractivity contribution is 5.81. The summed E-state index contributed by atoms with van der Waals surface area (Å²) in [5.74, 6) is 0.651. The van der Waals surface area contributed by atoms with Crippen LogP contribution in [0, 0.1) is 40.4 Å². The maximum absolute atomic E-state index is 13.2. The average Bonchev–Trinajstić information content (AvgIpc) is 2.94. The number of carbonyl (C=O) groups excluding carboxylic acids is 3. The standard InChI is InChI=1S/C26H38O6/c1-15(27)31-17-7-10-24(2)16(13-17)5-6-21-20(24)8-11-25(3)19-9-12-26(21,25)32-23(29)18(19)14-22(28)30-4/h16-21H,5-14H2,1-4H3/t16?,17?,18?,19-,20+,21-,24+,25-,26-/m1/s1. The molecule has 0 spiro atoms. The first-order valence-electron chi connectivity index (χ1n) is 12.6. The fourth-order valence-electron chi connectivity index (χ4n) is 9.33. The van der Waals surface area contributed by atoms with Crippen LogP contribution < -0.4 is 0 Å². The van der Waals surface area contributed by atoms with Crippen LogP contribution >= 0.6 is 0 Å². The molecule has 1 saturated heterocycles. The van der Waals surface area contributed by atoms with Gasteiger partial charge >= 0.3 is 17.9 Å². The predicted molar refractivity (Wildman–Crippen MR) is 116 cm³/mol. The third-order valence-electron chi connectivity index (χ3n) is 10.8. The number of ether oxygens (including phenoxy) is 3. The van der Waals surface area contributed by atoms with Gasteiger partial charge in [-0.15, -0.1) is 0 Å². The normalized spacial score (nSPS) is 49.2. The molecule has 4 saturated carbocycles. The minimum atomic E-state index is -0.384. The van der Waals surface area contributed by atoms with Gasteiger partial charge in [0.15, 0.2) is 0 Å². The summed E-state index contributed by atoms with van der Waals surface area (Å²) in [6, 6.07) is 0. The van der Waals surface area contributed by atoms with E-state index < -0.39 is 0 Å². The molecule has 0 aromatic carbocycles. The van der Waals surface area contributed by atoms with Gasteiger partial charge in [-0.2, -0.15) is 0 Å². The average molecular weight is 447 g/mol. The molecule has 4 aliphatic carbocycles. The van der Waals surface area contributed by atoms with Crippen LogP contribution in [0.3, 0.4) is 0 Å². The minimum absolute atomic E-state index is 0.0524. The third kappa shape index (κ3) is 2.93. The van der Waals surface area contributed by atoms with Gasteiger partial charge in [-0.25, -0.2) is 0 Å². The summed E-state index contributed by atoms with van der Waals surface area (Å²) in [6.45, 7) is 6.30. The van der Waals surface area contributed by atoms with Crippen molar-refractivity contribution in [2.75, 3.05) is 7.11 Å². The monoisotopic (exact) mass is 446 g/mol. The van der Waals surface area contributed by atoms with E-state index in [1.807, 2.05) is 0 Å². The highest BCUT2D eigenvalue weighted by atomic mass is 16.6.